The summed E-state index contributed by atoms with van der Waals surface area (Å²) in [4.78, 5) is 67.0. The van der Waals surface area contributed by atoms with Crippen molar-refractivity contribution in [2.75, 3.05) is 78.5 Å². The number of alkyl carbamates (subject to hydrolysis) is 1. The normalized spacial score (nSPS) is 17.4. The SMILES string of the molecule is CC(C)(C)OC(=O)CN1CCN(CC(=O)O)CCN(C(=O)CNC(=O)OC(C)(C)C)CCN(CC(=O)O)CC1. The Labute approximate surface area is 230 Å². The van der Waals surface area contributed by atoms with E-state index in [4.69, 9.17) is 9.47 Å². The number of aliphatic carboxylic acids is 2. The lowest BCUT2D eigenvalue weighted by Gasteiger charge is -2.33. The quantitative estimate of drug-likeness (QED) is 0.335. The van der Waals surface area contributed by atoms with Crippen molar-refractivity contribution >= 4 is 29.9 Å². The molecular formula is C25H45N5O9. The molecule has 1 saturated heterocycles. The first kappa shape index (κ1) is 34.1. The van der Waals surface area contributed by atoms with Gasteiger partial charge in [-0.25, -0.2) is 4.79 Å². The maximum Gasteiger partial charge on any atom is 0.408 e. The van der Waals surface area contributed by atoms with E-state index in [1.807, 2.05) is 4.90 Å². The predicted molar refractivity (Wildman–Crippen MR) is 141 cm³/mol. The monoisotopic (exact) mass is 559 g/mol. The molecular weight excluding hydrogens is 514 g/mol. The number of carboxylic acids is 2. The molecule has 1 rings (SSSR count). The second-order valence-corrected chi connectivity index (χ2v) is 11.4. The lowest BCUT2D eigenvalue weighted by molar-refractivity contribution is -0.156. The topological polar surface area (TPSA) is 169 Å². The summed E-state index contributed by atoms with van der Waals surface area (Å²) in [6.45, 7) is 11.6. The smallest absolute Gasteiger partial charge is 0.408 e. The summed E-state index contributed by atoms with van der Waals surface area (Å²) in [6.07, 6.45) is -0.740. The molecule has 0 atom stereocenters. The average molecular weight is 560 g/mol. The molecule has 224 valence electrons. The first-order valence-corrected chi connectivity index (χ1v) is 13.0. The minimum Gasteiger partial charge on any atom is -0.480 e. The van der Waals surface area contributed by atoms with Gasteiger partial charge in [-0.1, -0.05) is 0 Å². The van der Waals surface area contributed by atoms with Crippen LogP contribution in [-0.4, -0.2) is 149 Å². The lowest BCUT2D eigenvalue weighted by Crippen LogP contribution is -2.51. The van der Waals surface area contributed by atoms with Crippen LogP contribution in [0.2, 0.25) is 0 Å². The zero-order chi connectivity index (χ0) is 29.8. The highest BCUT2D eigenvalue weighted by atomic mass is 16.6. The summed E-state index contributed by atoms with van der Waals surface area (Å²) in [5.74, 6) is -2.90. The number of rotatable bonds is 8. The van der Waals surface area contributed by atoms with Gasteiger partial charge >= 0.3 is 24.0 Å². The molecule has 14 heteroatoms. The highest BCUT2D eigenvalue weighted by Crippen LogP contribution is 2.09. The summed E-state index contributed by atoms with van der Waals surface area (Å²) in [7, 11) is 0. The molecule has 14 nitrogen and oxygen atoms in total. The van der Waals surface area contributed by atoms with Gasteiger partial charge in [-0.3, -0.25) is 33.9 Å². The molecule has 0 bridgehead atoms. The summed E-state index contributed by atoms with van der Waals surface area (Å²) >= 11 is 0. The maximum atomic E-state index is 13.0. The van der Waals surface area contributed by atoms with Crippen LogP contribution in [0.4, 0.5) is 4.79 Å². The highest BCUT2D eigenvalue weighted by molar-refractivity contribution is 5.82. The standard InChI is InChI=1S/C25H45N5O9/c1-24(2,3)38-22(36)18-29-9-7-27(16-20(32)33)11-13-30(14-12-28(8-10-29)17-21(34)35)19(31)15-26-23(37)39-25(4,5)6/h7-18H2,1-6H3,(H,26,37)(H,32,33)(H,34,35). The van der Waals surface area contributed by atoms with Gasteiger partial charge in [-0.2, -0.15) is 0 Å². The van der Waals surface area contributed by atoms with Crippen molar-refractivity contribution in [3.05, 3.63) is 0 Å². The fraction of sp³-hybridized carbons (Fsp3) is 0.800. The van der Waals surface area contributed by atoms with Crippen LogP contribution in [0, 0.1) is 0 Å². The molecule has 0 unspecified atom stereocenters. The van der Waals surface area contributed by atoms with Gasteiger partial charge in [0.25, 0.3) is 0 Å². The largest absolute Gasteiger partial charge is 0.480 e. The maximum absolute atomic E-state index is 13.0. The summed E-state index contributed by atoms with van der Waals surface area (Å²) < 4.78 is 10.6. The van der Waals surface area contributed by atoms with Crippen LogP contribution in [0.25, 0.3) is 0 Å². The van der Waals surface area contributed by atoms with Crippen molar-refractivity contribution in [2.24, 2.45) is 0 Å². The molecule has 0 radical (unpaired) electrons. The van der Waals surface area contributed by atoms with Crippen LogP contribution < -0.4 is 5.32 Å². The fourth-order valence-electron chi connectivity index (χ4n) is 3.77. The minimum absolute atomic E-state index is 0.0277. The minimum atomic E-state index is -1.03. The van der Waals surface area contributed by atoms with E-state index < -0.39 is 41.1 Å². The molecule has 0 spiro atoms. The Hall–Kier alpha value is -2.97. The van der Waals surface area contributed by atoms with E-state index in [0.717, 1.165) is 0 Å². The number of carbonyl (C=O) groups excluding carboxylic acids is 3. The van der Waals surface area contributed by atoms with Crippen molar-refractivity contribution in [3.8, 4) is 0 Å². The zero-order valence-electron chi connectivity index (χ0n) is 24.0. The van der Waals surface area contributed by atoms with Crippen molar-refractivity contribution < 1.29 is 43.7 Å². The van der Waals surface area contributed by atoms with Crippen LogP contribution in [0.3, 0.4) is 0 Å². The van der Waals surface area contributed by atoms with Crippen molar-refractivity contribution in [2.45, 2.75) is 52.7 Å². The first-order valence-electron chi connectivity index (χ1n) is 13.0. The van der Waals surface area contributed by atoms with Crippen LogP contribution >= 0.6 is 0 Å². The third-order valence-corrected chi connectivity index (χ3v) is 5.46. The van der Waals surface area contributed by atoms with E-state index >= 15 is 0 Å². The van der Waals surface area contributed by atoms with Crippen molar-refractivity contribution in [3.63, 3.8) is 0 Å². The first-order chi connectivity index (χ1) is 17.9. The van der Waals surface area contributed by atoms with E-state index in [2.05, 4.69) is 5.32 Å². The Kier molecular flexibility index (Phi) is 13.6. The number of amides is 2. The molecule has 0 aromatic carbocycles. The number of carboxylic acid groups (broad SMARTS) is 2. The Morgan fingerprint density at radius 3 is 1.41 bits per heavy atom. The third-order valence-electron chi connectivity index (χ3n) is 5.46. The van der Waals surface area contributed by atoms with Crippen molar-refractivity contribution in [1.29, 1.82) is 0 Å². The lowest BCUT2D eigenvalue weighted by atomic mass is 10.2. The van der Waals surface area contributed by atoms with Gasteiger partial charge in [0.15, 0.2) is 0 Å². The molecule has 3 N–H and O–H groups in total. The Morgan fingerprint density at radius 1 is 0.641 bits per heavy atom. The number of hydrogen-bond donors (Lipinski definition) is 3. The van der Waals surface area contributed by atoms with E-state index in [-0.39, 0.29) is 52.4 Å². The van der Waals surface area contributed by atoms with Gasteiger partial charge in [-0.05, 0) is 41.5 Å². The van der Waals surface area contributed by atoms with E-state index in [1.165, 1.54) is 4.90 Å². The third kappa shape index (κ3) is 16.6. The zero-order valence-corrected chi connectivity index (χ0v) is 24.0. The molecule has 39 heavy (non-hydrogen) atoms. The summed E-state index contributed by atoms with van der Waals surface area (Å²) in [5, 5.41) is 21.2. The van der Waals surface area contributed by atoms with E-state index in [9.17, 15) is 34.2 Å². The van der Waals surface area contributed by atoms with Crippen LogP contribution in [0.5, 0.6) is 0 Å². The number of nitrogens with one attached hydrogen (secondary N) is 1. The average Bonchev–Trinajstić information content (AvgIpc) is 2.74. The van der Waals surface area contributed by atoms with Gasteiger partial charge in [0.2, 0.25) is 5.91 Å². The number of ether oxygens (including phenoxy) is 2. The van der Waals surface area contributed by atoms with E-state index in [1.54, 1.807) is 51.3 Å². The van der Waals surface area contributed by atoms with Crippen LogP contribution in [0.1, 0.15) is 41.5 Å². The second-order valence-electron chi connectivity index (χ2n) is 11.4. The van der Waals surface area contributed by atoms with Gasteiger partial charge in [0.1, 0.15) is 17.7 Å². The molecule has 1 aliphatic heterocycles. The molecule has 0 aromatic rings. The van der Waals surface area contributed by atoms with Gasteiger partial charge in [0.05, 0.1) is 19.6 Å². The number of nitrogens with zero attached hydrogens (tertiary/aromatic N) is 4. The Bertz CT molecular complexity index is 822. The second kappa shape index (κ2) is 15.6. The van der Waals surface area contributed by atoms with E-state index in [0.29, 0.717) is 26.2 Å². The fourth-order valence-corrected chi connectivity index (χ4v) is 3.77. The Morgan fingerprint density at radius 2 is 1.03 bits per heavy atom. The summed E-state index contributed by atoms with van der Waals surface area (Å²) in [5.41, 5.74) is -1.39. The van der Waals surface area contributed by atoms with Gasteiger partial charge in [0, 0.05) is 52.4 Å². The molecule has 0 aliphatic carbocycles. The molecule has 0 aromatic heterocycles. The number of carbonyl (C=O) groups is 5. The Balaban J connectivity index is 3.01. The number of hydrogen-bond acceptors (Lipinski definition) is 10. The van der Waals surface area contributed by atoms with Gasteiger partial charge in [-0.15, -0.1) is 0 Å². The van der Waals surface area contributed by atoms with Crippen LogP contribution in [0.15, 0.2) is 0 Å². The predicted octanol–water partition coefficient (Wildman–Crippen LogP) is -0.230. The van der Waals surface area contributed by atoms with Crippen LogP contribution in [-0.2, 0) is 28.7 Å². The summed E-state index contributed by atoms with van der Waals surface area (Å²) in [6, 6.07) is 0. The molecule has 1 heterocycles. The number of esters is 1. The molecule has 2 amide bonds. The highest BCUT2D eigenvalue weighted by Gasteiger charge is 2.24. The molecule has 1 fully saturated rings. The van der Waals surface area contributed by atoms with Gasteiger partial charge < -0.3 is 29.9 Å². The molecule has 1 aliphatic rings. The molecule has 0 saturated carbocycles. The van der Waals surface area contributed by atoms with Crippen molar-refractivity contribution in [1.82, 2.24) is 24.9 Å².